The lowest BCUT2D eigenvalue weighted by Crippen LogP contribution is -2.52. The van der Waals surface area contributed by atoms with Crippen molar-refractivity contribution in [3.05, 3.63) is 23.2 Å². The highest BCUT2D eigenvalue weighted by Gasteiger charge is 2.34. The fourth-order valence-corrected chi connectivity index (χ4v) is 3.44. The van der Waals surface area contributed by atoms with Crippen LogP contribution in [0.2, 0.25) is 0 Å². The molecule has 2 aliphatic rings. The number of morpholine rings is 1. The highest BCUT2D eigenvalue weighted by Crippen LogP contribution is 2.30. The maximum Gasteiger partial charge on any atom is 0.118 e. The molecule has 0 spiro atoms. The van der Waals surface area contributed by atoms with E-state index in [0.29, 0.717) is 18.7 Å². The quantitative estimate of drug-likeness (QED) is 0.909. The smallest absolute Gasteiger partial charge is 0.118 e. The van der Waals surface area contributed by atoms with Gasteiger partial charge < -0.3 is 14.9 Å². The predicted octanol–water partition coefficient (Wildman–Crippen LogP) is 2.19. The third-order valence-corrected chi connectivity index (χ3v) is 4.49. The van der Waals surface area contributed by atoms with Gasteiger partial charge in [0.1, 0.15) is 11.5 Å². The van der Waals surface area contributed by atoms with Crippen LogP contribution in [0.5, 0.6) is 0 Å². The molecule has 2 N–H and O–H groups in total. The molecule has 106 valence electrons. The normalized spacial score (nSPS) is 28.3. The summed E-state index contributed by atoms with van der Waals surface area (Å²) in [7, 11) is 0. The van der Waals surface area contributed by atoms with Gasteiger partial charge in [0, 0.05) is 24.7 Å². The van der Waals surface area contributed by atoms with Crippen LogP contribution >= 0.6 is 0 Å². The van der Waals surface area contributed by atoms with Gasteiger partial charge >= 0.3 is 0 Å². The van der Waals surface area contributed by atoms with E-state index in [1.807, 2.05) is 6.92 Å². The summed E-state index contributed by atoms with van der Waals surface area (Å²) in [6, 6.07) is 2.71. The lowest BCUT2D eigenvalue weighted by molar-refractivity contribution is -0.0912. The molecule has 1 aromatic heterocycles. The van der Waals surface area contributed by atoms with Gasteiger partial charge in [-0.25, -0.2) is 0 Å². The first-order valence-electron chi connectivity index (χ1n) is 7.42. The van der Waals surface area contributed by atoms with Crippen LogP contribution in [0.25, 0.3) is 0 Å². The summed E-state index contributed by atoms with van der Waals surface area (Å²) in [6.45, 7) is 5.38. The predicted molar refractivity (Wildman–Crippen MR) is 73.7 cm³/mol. The zero-order chi connectivity index (χ0) is 13.2. The Morgan fingerprint density at radius 2 is 2.21 bits per heavy atom. The van der Waals surface area contributed by atoms with E-state index in [0.717, 1.165) is 31.2 Å². The Morgan fingerprint density at radius 1 is 1.37 bits per heavy atom. The Morgan fingerprint density at radius 3 is 3.00 bits per heavy atom. The molecular formula is C15H24N2O2. The van der Waals surface area contributed by atoms with E-state index in [1.54, 1.807) is 0 Å². The van der Waals surface area contributed by atoms with Crippen LogP contribution in [-0.2, 0) is 17.8 Å². The third-order valence-electron chi connectivity index (χ3n) is 4.49. The van der Waals surface area contributed by atoms with Gasteiger partial charge in [0.15, 0.2) is 0 Å². The number of hydrogen-bond donors (Lipinski definition) is 1. The molecule has 2 atom stereocenters. The summed E-state index contributed by atoms with van der Waals surface area (Å²) in [5.41, 5.74) is 6.93. The van der Waals surface area contributed by atoms with Gasteiger partial charge in [-0.3, -0.25) is 4.90 Å². The van der Waals surface area contributed by atoms with Crippen molar-refractivity contribution in [1.82, 2.24) is 4.90 Å². The number of aryl methyl sites for hydroxylation is 1. The second-order valence-corrected chi connectivity index (χ2v) is 5.73. The van der Waals surface area contributed by atoms with Gasteiger partial charge in [-0.2, -0.15) is 0 Å². The van der Waals surface area contributed by atoms with E-state index in [4.69, 9.17) is 14.9 Å². The molecule has 19 heavy (non-hydrogen) atoms. The first-order chi connectivity index (χ1) is 9.28. The van der Waals surface area contributed by atoms with Crippen molar-refractivity contribution in [3.8, 4) is 0 Å². The summed E-state index contributed by atoms with van der Waals surface area (Å²) < 4.78 is 11.6. The molecule has 0 radical (unpaired) electrons. The summed E-state index contributed by atoms with van der Waals surface area (Å²) in [6.07, 6.45) is 5.59. The van der Waals surface area contributed by atoms with E-state index in [2.05, 4.69) is 11.0 Å². The van der Waals surface area contributed by atoms with Gasteiger partial charge in [0.2, 0.25) is 0 Å². The Kier molecular flexibility index (Phi) is 3.91. The molecule has 1 aliphatic carbocycles. The maximum absolute atomic E-state index is 5.92. The average molecular weight is 264 g/mol. The molecular weight excluding hydrogens is 240 g/mol. The van der Waals surface area contributed by atoms with Crippen LogP contribution in [0.4, 0.5) is 0 Å². The standard InChI is InChI=1S/C15H24N2O2/c1-11-12(8-13(9-16)19-11)10-17-6-7-18-15-5-3-2-4-14(15)17/h8,14-15H,2-7,9-10,16H2,1H3. The zero-order valence-corrected chi connectivity index (χ0v) is 11.7. The SMILES string of the molecule is Cc1oc(CN)cc1CN1CCOC2CCCCC21. The lowest BCUT2D eigenvalue weighted by Gasteiger charge is -2.43. The van der Waals surface area contributed by atoms with Crippen molar-refractivity contribution in [2.24, 2.45) is 5.73 Å². The van der Waals surface area contributed by atoms with Crippen LogP contribution in [0.1, 0.15) is 42.8 Å². The Labute approximate surface area is 114 Å². The number of furan rings is 1. The van der Waals surface area contributed by atoms with Crippen molar-refractivity contribution in [3.63, 3.8) is 0 Å². The van der Waals surface area contributed by atoms with Crippen LogP contribution in [0.3, 0.4) is 0 Å². The van der Waals surface area contributed by atoms with Gasteiger partial charge in [0.25, 0.3) is 0 Å². The van der Waals surface area contributed by atoms with E-state index in [1.165, 1.54) is 31.2 Å². The summed E-state index contributed by atoms with van der Waals surface area (Å²) in [5.74, 6) is 1.90. The van der Waals surface area contributed by atoms with Gasteiger partial charge in [-0.15, -0.1) is 0 Å². The minimum atomic E-state index is 0.448. The molecule has 0 amide bonds. The number of rotatable bonds is 3. The van der Waals surface area contributed by atoms with Crippen LogP contribution in [-0.4, -0.2) is 30.2 Å². The zero-order valence-electron chi connectivity index (χ0n) is 11.7. The van der Waals surface area contributed by atoms with Crippen molar-refractivity contribution in [2.75, 3.05) is 13.2 Å². The van der Waals surface area contributed by atoms with Crippen LogP contribution < -0.4 is 5.73 Å². The minimum Gasteiger partial charge on any atom is -0.465 e. The monoisotopic (exact) mass is 264 g/mol. The molecule has 4 nitrogen and oxygen atoms in total. The summed E-state index contributed by atoms with van der Waals surface area (Å²) in [4.78, 5) is 2.57. The Hall–Kier alpha value is -0.840. The van der Waals surface area contributed by atoms with E-state index >= 15 is 0 Å². The number of ether oxygens (including phenoxy) is 1. The molecule has 2 unspecified atom stereocenters. The van der Waals surface area contributed by atoms with E-state index < -0.39 is 0 Å². The topological polar surface area (TPSA) is 51.6 Å². The first-order valence-corrected chi connectivity index (χ1v) is 7.42. The molecule has 3 rings (SSSR count). The van der Waals surface area contributed by atoms with Gasteiger partial charge in [-0.05, 0) is 25.8 Å². The van der Waals surface area contributed by atoms with Crippen LogP contribution in [0, 0.1) is 6.92 Å². The molecule has 0 bridgehead atoms. The molecule has 4 heteroatoms. The highest BCUT2D eigenvalue weighted by atomic mass is 16.5. The fraction of sp³-hybridized carbons (Fsp3) is 0.733. The second-order valence-electron chi connectivity index (χ2n) is 5.73. The summed E-state index contributed by atoms with van der Waals surface area (Å²) >= 11 is 0. The number of nitrogens with zero attached hydrogens (tertiary/aromatic N) is 1. The maximum atomic E-state index is 5.92. The molecule has 1 saturated carbocycles. The molecule has 2 fully saturated rings. The average Bonchev–Trinajstić information content (AvgIpc) is 2.80. The van der Waals surface area contributed by atoms with Crippen molar-refractivity contribution < 1.29 is 9.15 Å². The largest absolute Gasteiger partial charge is 0.465 e. The first kappa shape index (κ1) is 13.2. The summed E-state index contributed by atoms with van der Waals surface area (Å²) in [5, 5.41) is 0. The van der Waals surface area contributed by atoms with Gasteiger partial charge in [0.05, 0.1) is 19.3 Å². The van der Waals surface area contributed by atoms with Crippen molar-refractivity contribution >= 4 is 0 Å². The van der Waals surface area contributed by atoms with Crippen molar-refractivity contribution in [2.45, 2.75) is 57.8 Å². The molecule has 1 aliphatic heterocycles. The van der Waals surface area contributed by atoms with E-state index in [9.17, 15) is 0 Å². The number of fused-ring (bicyclic) bond motifs is 1. The molecule has 0 aromatic carbocycles. The third kappa shape index (κ3) is 2.71. The molecule has 1 aromatic rings. The number of hydrogen-bond acceptors (Lipinski definition) is 4. The number of nitrogens with two attached hydrogens (primary N) is 1. The van der Waals surface area contributed by atoms with E-state index in [-0.39, 0.29) is 0 Å². The van der Waals surface area contributed by atoms with Crippen molar-refractivity contribution in [1.29, 1.82) is 0 Å². The lowest BCUT2D eigenvalue weighted by atomic mass is 9.90. The minimum absolute atomic E-state index is 0.448. The van der Waals surface area contributed by atoms with Crippen LogP contribution in [0.15, 0.2) is 10.5 Å². The van der Waals surface area contributed by atoms with Gasteiger partial charge in [-0.1, -0.05) is 12.8 Å². The molecule has 2 heterocycles. The second kappa shape index (κ2) is 5.65. The molecule has 1 saturated heterocycles. The fourth-order valence-electron chi connectivity index (χ4n) is 3.44. The Bertz CT molecular complexity index is 428. The Balaban J connectivity index is 1.72. The highest BCUT2D eigenvalue weighted by molar-refractivity contribution is 5.21.